The lowest BCUT2D eigenvalue weighted by Crippen LogP contribution is -2.61. The highest BCUT2D eigenvalue weighted by Gasteiger charge is 2.58. The average Bonchev–Trinajstić information content (AvgIpc) is 3.09. The number of amides is 1. The standard InChI is InChI=1S/C17H17F3N2O5/c1-3-26-14(23)12-9-10-13(27-12)21-16(17(18,19)20,22-15(24)25-2)11-7-5-4-6-8-11/h4-10,21H,3H2,1-2H3,(H,22,24)/t16-/m0/s1. The van der Waals surface area contributed by atoms with E-state index in [1.165, 1.54) is 30.3 Å². The van der Waals surface area contributed by atoms with E-state index in [1.54, 1.807) is 12.2 Å². The van der Waals surface area contributed by atoms with E-state index in [9.17, 15) is 22.8 Å². The molecule has 1 aromatic carbocycles. The van der Waals surface area contributed by atoms with E-state index in [1.807, 2.05) is 0 Å². The van der Waals surface area contributed by atoms with Crippen molar-refractivity contribution < 1.29 is 36.7 Å². The maximum Gasteiger partial charge on any atom is 0.435 e. The van der Waals surface area contributed by atoms with Crippen LogP contribution in [0.4, 0.5) is 23.8 Å². The Balaban J connectivity index is 2.49. The van der Waals surface area contributed by atoms with Gasteiger partial charge in [-0.1, -0.05) is 30.3 Å². The minimum absolute atomic E-state index is 0.0721. The van der Waals surface area contributed by atoms with Gasteiger partial charge in [0.25, 0.3) is 0 Å². The number of hydrogen-bond acceptors (Lipinski definition) is 6. The number of rotatable bonds is 6. The second kappa shape index (κ2) is 8.02. The second-order valence-corrected chi connectivity index (χ2v) is 5.24. The highest BCUT2D eigenvalue weighted by Crippen LogP contribution is 2.40. The summed E-state index contributed by atoms with van der Waals surface area (Å²) in [4.78, 5) is 23.3. The van der Waals surface area contributed by atoms with Crippen LogP contribution in [0.3, 0.4) is 0 Å². The minimum Gasteiger partial charge on any atom is -0.460 e. The van der Waals surface area contributed by atoms with E-state index in [0.29, 0.717) is 0 Å². The molecule has 0 fully saturated rings. The molecule has 0 saturated heterocycles. The number of esters is 1. The summed E-state index contributed by atoms with van der Waals surface area (Å²) in [7, 11) is 0.938. The van der Waals surface area contributed by atoms with Gasteiger partial charge in [0.15, 0.2) is 5.88 Å². The number of ether oxygens (including phenoxy) is 2. The predicted molar refractivity (Wildman–Crippen MR) is 88.0 cm³/mol. The first kappa shape index (κ1) is 20.1. The Hall–Kier alpha value is -3.17. The molecule has 146 valence electrons. The molecule has 2 rings (SSSR count). The smallest absolute Gasteiger partial charge is 0.435 e. The Kier molecular flexibility index (Phi) is 5.98. The van der Waals surface area contributed by atoms with Crippen molar-refractivity contribution in [1.82, 2.24) is 5.32 Å². The van der Waals surface area contributed by atoms with Crippen molar-refractivity contribution in [2.75, 3.05) is 19.0 Å². The zero-order valence-corrected chi connectivity index (χ0v) is 14.4. The summed E-state index contributed by atoms with van der Waals surface area (Å²) in [5, 5.41) is 3.90. The van der Waals surface area contributed by atoms with Crippen molar-refractivity contribution >= 4 is 17.9 Å². The highest BCUT2D eigenvalue weighted by atomic mass is 19.4. The van der Waals surface area contributed by atoms with E-state index in [0.717, 1.165) is 19.2 Å². The third-order valence-electron chi connectivity index (χ3n) is 3.50. The lowest BCUT2D eigenvalue weighted by molar-refractivity contribution is -0.189. The van der Waals surface area contributed by atoms with Crippen LogP contribution in [0.5, 0.6) is 0 Å². The number of carbonyl (C=O) groups is 2. The lowest BCUT2D eigenvalue weighted by atomic mass is 9.98. The van der Waals surface area contributed by atoms with Crippen LogP contribution in [0.1, 0.15) is 23.0 Å². The van der Waals surface area contributed by atoms with Crippen molar-refractivity contribution in [1.29, 1.82) is 0 Å². The number of halogens is 3. The second-order valence-electron chi connectivity index (χ2n) is 5.24. The molecule has 1 atom stereocenters. The van der Waals surface area contributed by atoms with Gasteiger partial charge in [0.05, 0.1) is 13.7 Å². The zero-order chi connectivity index (χ0) is 20.1. The molecule has 0 bridgehead atoms. The van der Waals surface area contributed by atoms with Crippen LogP contribution in [-0.2, 0) is 15.1 Å². The summed E-state index contributed by atoms with van der Waals surface area (Å²) in [5.41, 5.74) is -3.39. The third-order valence-corrected chi connectivity index (χ3v) is 3.50. The molecule has 0 radical (unpaired) electrons. The van der Waals surface area contributed by atoms with E-state index in [4.69, 9.17) is 9.15 Å². The van der Waals surface area contributed by atoms with Crippen LogP contribution in [0, 0.1) is 0 Å². The first-order valence-corrected chi connectivity index (χ1v) is 7.77. The van der Waals surface area contributed by atoms with Crippen LogP contribution in [0.2, 0.25) is 0 Å². The number of alkyl carbamates (subject to hydrolysis) is 1. The molecule has 1 heterocycles. The first-order valence-electron chi connectivity index (χ1n) is 7.77. The monoisotopic (exact) mass is 386 g/mol. The molecule has 2 N–H and O–H groups in total. The number of hydrogen-bond donors (Lipinski definition) is 2. The van der Waals surface area contributed by atoms with Crippen LogP contribution in [-0.4, -0.2) is 32.0 Å². The Bertz CT molecular complexity index is 791. The number of nitrogens with one attached hydrogen (secondary N) is 2. The number of alkyl halides is 3. The summed E-state index contributed by atoms with van der Waals surface area (Å²) in [6.45, 7) is 1.65. The van der Waals surface area contributed by atoms with Crippen molar-refractivity contribution in [3.8, 4) is 0 Å². The normalized spacial score (nSPS) is 13.4. The van der Waals surface area contributed by atoms with Gasteiger partial charge in [-0.3, -0.25) is 5.32 Å². The van der Waals surface area contributed by atoms with Crippen molar-refractivity contribution in [3.63, 3.8) is 0 Å². The van der Waals surface area contributed by atoms with Gasteiger partial charge in [0, 0.05) is 11.6 Å². The van der Waals surface area contributed by atoms with Gasteiger partial charge in [0.1, 0.15) is 0 Å². The molecule has 0 aliphatic carbocycles. The van der Waals surface area contributed by atoms with Crippen molar-refractivity contribution in [2.24, 2.45) is 0 Å². The molecule has 0 spiro atoms. The van der Waals surface area contributed by atoms with Gasteiger partial charge in [-0.05, 0) is 13.0 Å². The Morgan fingerprint density at radius 1 is 1.11 bits per heavy atom. The van der Waals surface area contributed by atoms with E-state index in [2.05, 4.69) is 10.1 Å². The fourth-order valence-electron chi connectivity index (χ4n) is 2.28. The molecule has 0 aliphatic rings. The number of benzene rings is 1. The molecule has 0 saturated carbocycles. The summed E-state index contributed by atoms with van der Waals surface area (Å²) < 4.78 is 56.4. The molecule has 27 heavy (non-hydrogen) atoms. The molecule has 0 unspecified atom stereocenters. The zero-order valence-electron chi connectivity index (χ0n) is 14.4. The predicted octanol–water partition coefficient (Wildman–Crippen LogP) is 3.64. The molecular formula is C17H17F3N2O5. The minimum atomic E-state index is -5.00. The highest BCUT2D eigenvalue weighted by molar-refractivity contribution is 5.86. The van der Waals surface area contributed by atoms with Crippen LogP contribution in [0.15, 0.2) is 46.9 Å². The maximum absolute atomic E-state index is 14.1. The molecular weight excluding hydrogens is 369 g/mol. The molecule has 0 aliphatic heterocycles. The number of methoxy groups -OCH3 is 1. The SMILES string of the molecule is CCOC(=O)c1ccc(N[C@](NC(=O)OC)(c2ccccc2)C(F)(F)F)o1. The third kappa shape index (κ3) is 4.33. The molecule has 2 aromatic rings. The molecule has 1 amide bonds. The number of carbonyl (C=O) groups excluding carboxylic acids is 2. The van der Waals surface area contributed by atoms with Crippen LogP contribution in [0.25, 0.3) is 0 Å². The Morgan fingerprint density at radius 2 is 1.78 bits per heavy atom. The van der Waals surface area contributed by atoms with Gasteiger partial charge in [-0.2, -0.15) is 13.2 Å². The molecule has 10 heteroatoms. The number of furan rings is 1. The van der Waals surface area contributed by atoms with Crippen molar-refractivity contribution in [3.05, 3.63) is 53.8 Å². The van der Waals surface area contributed by atoms with E-state index >= 15 is 0 Å². The van der Waals surface area contributed by atoms with Crippen LogP contribution >= 0.6 is 0 Å². The molecule has 7 nitrogen and oxygen atoms in total. The quantitative estimate of drug-likeness (QED) is 0.582. The van der Waals surface area contributed by atoms with Crippen molar-refractivity contribution in [2.45, 2.75) is 18.8 Å². The summed E-state index contributed by atoms with van der Waals surface area (Å²) in [5.74, 6) is -1.53. The molecule has 1 aromatic heterocycles. The number of anilines is 1. The topological polar surface area (TPSA) is 89.8 Å². The average molecular weight is 386 g/mol. The van der Waals surface area contributed by atoms with Gasteiger partial charge in [-0.15, -0.1) is 0 Å². The van der Waals surface area contributed by atoms with E-state index in [-0.39, 0.29) is 17.9 Å². The van der Waals surface area contributed by atoms with Gasteiger partial charge < -0.3 is 19.2 Å². The van der Waals surface area contributed by atoms with Gasteiger partial charge in [0.2, 0.25) is 11.4 Å². The summed E-state index contributed by atoms with van der Waals surface area (Å²) >= 11 is 0. The first-order chi connectivity index (χ1) is 12.7. The van der Waals surface area contributed by atoms with Gasteiger partial charge in [-0.25, -0.2) is 9.59 Å². The Morgan fingerprint density at radius 3 is 2.33 bits per heavy atom. The fraction of sp³-hybridized carbons (Fsp3) is 0.294. The van der Waals surface area contributed by atoms with Crippen LogP contribution < -0.4 is 10.6 Å². The fourth-order valence-corrected chi connectivity index (χ4v) is 2.28. The largest absolute Gasteiger partial charge is 0.460 e. The lowest BCUT2D eigenvalue weighted by Gasteiger charge is -2.36. The van der Waals surface area contributed by atoms with E-state index < -0.39 is 29.8 Å². The maximum atomic E-state index is 14.1. The summed E-state index contributed by atoms with van der Waals surface area (Å²) in [6, 6.07) is 8.90. The van der Waals surface area contributed by atoms with Gasteiger partial charge >= 0.3 is 18.2 Å². The summed E-state index contributed by atoms with van der Waals surface area (Å²) in [6.07, 6.45) is -6.32. The Labute approximate surface area is 152 Å².